The Morgan fingerprint density at radius 2 is 1.89 bits per heavy atom. The van der Waals surface area contributed by atoms with Gasteiger partial charge in [-0.05, 0) is 30.5 Å². The zero-order valence-electron chi connectivity index (χ0n) is 10.5. The number of aliphatic hydroxyl groups is 1. The van der Waals surface area contributed by atoms with Crippen LogP contribution in [0, 0.1) is 5.82 Å². The smallest absolute Gasteiger partial charge is 0.123 e. The topological polar surface area (TPSA) is 32.7 Å². The highest BCUT2D eigenvalue weighted by Crippen LogP contribution is 2.16. The van der Waals surface area contributed by atoms with E-state index in [1.807, 2.05) is 12.1 Å². The third-order valence-corrected chi connectivity index (χ3v) is 3.30. The molecule has 18 heavy (non-hydrogen) atoms. The van der Waals surface area contributed by atoms with Gasteiger partial charge in [-0.25, -0.2) is 4.39 Å². The molecule has 1 aromatic carbocycles. The van der Waals surface area contributed by atoms with Gasteiger partial charge in [0.05, 0.1) is 19.3 Å². The molecule has 2 rings (SSSR count). The molecule has 0 aliphatic carbocycles. The van der Waals surface area contributed by atoms with Gasteiger partial charge in [-0.1, -0.05) is 12.1 Å². The summed E-state index contributed by atoms with van der Waals surface area (Å²) in [6.07, 6.45) is 2.28. The lowest BCUT2D eigenvalue weighted by Gasteiger charge is -2.31. The molecule has 0 amide bonds. The Hall–Kier alpha value is -0.970. The van der Waals surface area contributed by atoms with Crippen molar-refractivity contribution in [3.63, 3.8) is 0 Å². The second-order valence-electron chi connectivity index (χ2n) is 4.70. The number of rotatable bonds is 5. The molecule has 1 fully saturated rings. The summed E-state index contributed by atoms with van der Waals surface area (Å²) >= 11 is 0. The Kier molecular flexibility index (Phi) is 5.11. The summed E-state index contributed by atoms with van der Waals surface area (Å²) in [5.74, 6) is -0.185. The van der Waals surface area contributed by atoms with Crippen molar-refractivity contribution < 1.29 is 14.2 Å². The third kappa shape index (κ3) is 4.05. The van der Waals surface area contributed by atoms with Gasteiger partial charge in [-0.2, -0.15) is 0 Å². The van der Waals surface area contributed by atoms with Crippen LogP contribution < -0.4 is 0 Å². The molecular weight excluding hydrogens is 233 g/mol. The van der Waals surface area contributed by atoms with Crippen molar-refractivity contribution in [2.75, 3.05) is 26.3 Å². The summed E-state index contributed by atoms with van der Waals surface area (Å²) in [5, 5.41) is 8.70. The van der Waals surface area contributed by atoms with Crippen LogP contribution in [0.3, 0.4) is 0 Å². The zero-order chi connectivity index (χ0) is 12.8. The molecule has 0 bridgehead atoms. The van der Waals surface area contributed by atoms with Gasteiger partial charge in [-0.15, -0.1) is 0 Å². The second-order valence-corrected chi connectivity index (χ2v) is 4.70. The Bertz CT molecular complexity index is 347. The van der Waals surface area contributed by atoms with Gasteiger partial charge in [0, 0.05) is 19.6 Å². The number of likely N-dealkylation sites (tertiary alicyclic amines) is 1. The van der Waals surface area contributed by atoms with Crippen LogP contribution in [0.4, 0.5) is 4.39 Å². The summed E-state index contributed by atoms with van der Waals surface area (Å²) in [7, 11) is 0. The van der Waals surface area contributed by atoms with Gasteiger partial charge in [0.2, 0.25) is 0 Å². The molecule has 0 saturated carbocycles. The third-order valence-electron chi connectivity index (χ3n) is 3.30. The van der Waals surface area contributed by atoms with Gasteiger partial charge in [0.15, 0.2) is 0 Å². The monoisotopic (exact) mass is 253 g/mol. The fourth-order valence-corrected chi connectivity index (χ4v) is 2.30. The standard InChI is InChI=1S/C14H20FNO2/c15-13-3-1-12(2-4-13)11-16-7-5-14(6-8-16)18-10-9-17/h1-4,14,17H,5-11H2. The molecule has 3 nitrogen and oxygen atoms in total. The molecular formula is C14H20FNO2. The summed E-state index contributed by atoms with van der Waals surface area (Å²) in [6, 6.07) is 6.69. The lowest BCUT2D eigenvalue weighted by atomic mass is 10.1. The van der Waals surface area contributed by atoms with Gasteiger partial charge < -0.3 is 9.84 Å². The van der Waals surface area contributed by atoms with Crippen molar-refractivity contribution in [2.45, 2.75) is 25.5 Å². The first-order chi connectivity index (χ1) is 8.78. The van der Waals surface area contributed by atoms with Gasteiger partial charge in [-0.3, -0.25) is 4.90 Å². The Labute approximate surface area is 107 Å². The van der Waals surface area contributed by atoms with Crippen LogP contribution in [0.2, 0.25) is 0 Å². The van der Waals surface area contributed by atoms with E-state index in [1.54, 1.807) is 0 Å². The molecule has 1 aliphatic rings. The molecule has 1 heterocycles. The van der Waals surface area contributed by atoms with E-state index in [-0.39, 0.29) is 18.5 Å². The quantitative estimate of drug-likeness (QED) is 0.868. The first-order valence-electron chi connectivity index (χ1n) is 6.47. The summed E-state index contributed by atoms with van der Waals surface area (Å²) in [6.45, 7) is 3.38. The van der Waals surface area contributed by atoms with Gasteiger partial charge >= 0.3 is 0 Å². The number of aliphatic hydroxyl groups excluding tert-OH is 1. The number of halogens is 1. The number of hydrogen-bond acceptors (Lipinski definition) is 3. The van der Waals surface area contributed by atoms with E-state index in [1.165, 1.54) is 12.1 Å². The largest absolute Gasteiger partial charge is 0.394 e. The molecule has 0 spiro atoms. The molecule has 1 aromatic rings. The van der Waals surface area contributed by atoms with Crippen molar-refractivity contribution in [3.8, 4) is 0 Å². The second kappa shape index (κ2) is 6.83. The van der Waals surface area contributed by atoms with Crippen LogP contribution in [0.1, 0.15) is 18.4 Å². The highest BCUT2D eigenvalue weighted by Gasteiger charge is 2.19. The Balaban J connectivity index is 1.74. The minimum atomic E-state index is -0.185. The molecule has 0 unspecified atom stereocenters. The van der Waals surface area contributed by atoms with Crippen LogP contribution in [-0.4, -0.2) is 42.4 Å². The van der Waals surface area contributed by atoms with Crippen molar-refractivity contribution in [1.29, 1.82) is 0 Å². The van der Waals surface area contributed by atoms with E-state index in [2.05, 4.69) is 4.90 Å². The number of ether oxygens (including phenoxy) is 1. The zero-order valence-corrected chi connectivity index (χ0v) is 10.5. The average Bonchev–Trinajstić information content (AvgIpc) is 2.41. The predicted octanol–water partition coefficient (Wildman–Crippen LogP) is 1.80. The molecule has 1 N–H and O–H groups in total. The van der Waals surface area contributed by atoms with Crippen molar-refractivity contribution in [1.82, 2.24) is 4.90 Å². The van der Waals surface area contributed by atoms with Crippen molar-refractivity contribution >= 4 is 0 Å². The van der Waals surface area contributed by atoms with E-state index >= 15 is 0 Å². The van der Waals surface area contributed by atoms with Crippen LogP contribution in [0.15, 0.2) is 24.3 Å². The normalized spacial score (nSPS) is 18.1. The lowest BCUT2D eigenvalue weighted by Crippen LogP contribution is -2.36. The minimum Gasteiger partial charge on any atom is -0.394 e. The predicted molar refractivity (Wildman–Crippen MR) is 67.7 cm³/mol. The maximum atomic E-state index is 12.8. The van der Waals surface area contributed by atoms with Crippen LogP contribution in [0.25, 0.3) is 0 Å². The summed E-state index contributed by atoms with van der Waals surface area (Å²) < 4.78 is 18.3. The average molecular weight is 253 g/mol. The van der Waals surface area contributed by atoms with Crippen molar-refractivity contribution in [3.05, 3.63) is 35.6 Å². The van der Waals surface area contributed by atoms with Crippen LogP contribution in [0.5, 0.6) is 0 Å². The number of hydrogen-bond donors (Lipinski definition) is 1. The molecule has 1 aliphatic heterocycles. The van der Waals surface area contributed by atoms with Gasteiger partial charge in [0.1, 0.15) is 5.82 Å². The SMILES string of the molecule is OCCOC1CCN(Cc2ccc(F)cc2)CC1. The van der Waals surface area contributed by atoms with Gasteiger partial charge in [0.25, 0.3) is 0 Å². The maximum Gasteiger partial charge on any atom is 0.123 e. The first kappa shape index (κ1) is 13.5. The molecule has 100 valence electrons. The van der Waals surface area contributed by atoms with Crippen molar-refractivity contribution in [2.24, 2.45) is 0 Å². The lowest BCUT2D eigenvalue weighted by molar-refractivity contribution is -0.00901. The van der Waals surface area contributed by atoms with E-state index < -0.39 is 0 Å². The fraction of sp³-hybridized carbons (Fsp3) is 0.571. The first-order valence-corrected chi connectivity index (χ1v) is 6.47. The number of nitrogens with zero attached hydrogens (tertiary/aromatic N) is 1. The van der Waals surface area contributed by atoms with E-state index in [0.29, 0.717) is 6.61 Å². The molecule has 0 radical (unpaired) electrons. The minimum absolute atomic E-state index is 0.0930. The fourth-order valence-electron chi connectivity index (χ4n) is 2.30. The summed E-state index contributed by atoms with van der Waals surface area (Å²) in [5.41, 5.74) is 1.14. The Morgan fingerprint density at radius 3 is 2.50 bits per heavy atom. The molecule has 0 aromatic heterocycles. The molecule has 0 atom stereocenters. The number of piperidine rings is 1. The maximum absolute atomic E-state index is 12.8. The highest BCUT2D eigenvalue weighted by atomic mass is 19.1. The van der Waals surface area contributed by atoms with E-state index in [0.717, 1.165) is 38.0 Å². The molecule has 4 heteroatoms. The Morgan fingerprint density at radius 1 is 1.22 bits per heavy atom. The highest BCUT2D eigenvalue weighted by molar-refractivity contribution is 5.15. The van der Waals surface area contributed by atoms with Crippen LogP contribution in [-0.2, 0) is 11.3 Å². The van der Waals surface area contributed by atoms with E-state index in [4.69, 9.17) is 9.84 Å². The van der Waals surface area contributed by atoms with E-state index in [9.17, 15) is 4.39 Å². The van der Waals surface area contributed by atoms with Crippen LogP contribution >= 0.6 is 0 Å². The number of benzene rings is 1. The molecule has 1 saturated heterocycles. The summed E-state index contributed by atoms with van der Waals surface area (Å²) in [4.78, 5) is 2.35.